The Morgan fingerprint density at radius 3 is 2.80 bits per heavy atom. The lowest BCUT2D eigenvalue weighted by atomic mass is 10.2. The first kappa shape index (κ1) is 21.2. The summed E-state index contributed by atoms with van der Waals surface area (Å²) in [7, 11) is 1.95. The van der Waals surface area contributed by atoms with Gasteiger partial charge in [-0.1, -0.05) is 23.4 Å². The van der Waals surface area contributed by atoms with Gasteiger partial charge in [0.25, 0.3) is 5.56 Å². The summed E-state index contributed by atoms with van der Waals surface area (Å²) in [5.74, 6) is 0.222. The number of carbonyl (C=O) groups is 1. The Hall–Kier alpha value is -2.09. The van der Waals surface area contributed by atoms with E-state index in [0.717, 1.165) is 24.2 Å². The van der Waals surface area contributed by atoms with Gasteiger partial charge in [-0.3, -0.25) is 14.2 Å². The smallest absolute Gasteiger partial charge is 0.262 e. The molecule has 6 nitrogen and oxygen atoms in total. The topological polar surface area (TPSA) is 66.1 Å². The first-order valence-corrected chi connectivity index (χ1v) is 11.3. The Kier molecular flexibility index (Phi) is 6.04. The maximum atomic E-state index is 13.2. The minimum Gasteiger partial charge on any atom is -0.376 e. The standard InChI is InChI=1S/C22H24ClN3O3S/c1-13-9-18(14(2)25(13)3)20(27)12-30-22-24-19-10-15(23)6-7-17(19)21(28)26(22)11-16-5-4-8-29-16/h6-7,9-10,16H,4-5,8,11-12H2,1-3H3. The number of Topliss-reactive ketones (excluding diaryl/α,β-unsaturated/α-hetero) is 1. The predicted molar refractivity (Wildman–Crippen MR) is 120 cm³/mol. The summed E-state index contributed by atoms with van der Waals surface area (Å²) in [5.41, 5.74) is 3.09. The zero-order valence-corrected chi connectivity index (χ0v) is 18.8. The lowest BCUT2D eigenvalue weighted by Crippen LogP contribution is -2.29. The van der Waals surface area contributed by atoms with Crippen molar-refractivity contribution in [1.29, 1.82) is 0 Å². The minimum atomic E-state index is -0.131. The van der Waals surface area contributed by atoms with Crippen LogP contribution in [0.5, 0.6) is 0 Å². The highest BCUT2D eigenvalue weighted by Crippen LogP contribution is 2.24. The van der Waals surface area contributed by atoms with Crippen LogP contribution >= 0.6 is 23.4 Å². The number of hydrogen-bond donors (Lipinski definition) is 0. The molecule has 1 aromatic carbocycles. The van der Waals surface area contributed by atoms with E-state index in [2.05, 4.69) is 4.98 Å². The number of rotatable bonds is 6. The molecule has 3 aromatic rings. The molecule has 8 heteroatoms. The van der Waals surface area contributed by atoms with Crippen LogP contribution in [0.2, 0.25) is 5.02 Å². The molecule has 1 atom stereocenters. The largest absolute Gasteiger partial charge is 0.376 e. The number of thioether (sulfide) groups is 1. The van der Waals surface area contributed by atoms with Crippen molar-refractivity contribution in [2.75, 3.05) is 12.4 Å². The average Bonchev–Trinajstić information content (AvgIpc) is 3.32. The molecule has 2 aromatic heterocycles. The van der Waals surface area contributed by atoms with Crippen molar-refractivity contribution >= 4 is 40.0 Å². The van der Waals surface area contributed by atoms with Gasteiger partial charge < -0.3 is 9.30 Å². The molecule has 0 amide bonds. The highest BCUT2D eigenvalue weighted by Gasteiger charge is 2.22. The van der Waals surface area contributed by atoms with Gasteiger partial charge in [0, 0.05) is 35.6 Å². The van der Waals surface area contributed by atoms with Gasteiger partial charge in [0.15, 0.2) is 10.9 Å². The molecule has 0 radical (unpaired) electrons. The maximum absolute atomic E-state index is 13.2. The predicted octanol–water partition coefficient (Wildman–Crippen LogP) is 4.16. The van der Waals surface area contributed by atoms with Gasteiger partial charge >= 0.3 is 0 Å². The van der Waals surface area contributed by atoms with Crippen molar-refractivity contribution in [2.45, 2.75) is 44.5 Å². The number of ketones is 1. The molecule has 0 saturated carbocycles. The molecule has 158 valence electrons. The number of carbonyl (C=O) groups excluding carboxylic acids is 1. The Balaban J connectivity index is 1.67. The van der Waals surface area contributed by atoms with Crippen molar-refractivity contribution in [3.8, 4) is 0 Å². The van der Waals surface area contributed by atoms with Gasteiger partial charge in [0.05, 0.1) is 29.3 Å². The van der Waals surface area contributed by atoms with E-state index in [1.807, 2.05) is 31.5 Å². The van der Waals surface area contributed by atoms with E-state index in [1.54, 1.807) is 22.8 Å². The molecule has 0 aliphatic carbocycles. The molecule has 0 N–H and O–H groups in total. The molecule has 1 fully saturated rings. The van der Waals surface area contributed by atoms with Crippen LogP contribution in [0.25, 0.3) is 10.9 Å². The Morgan fingerprint density at radius 2 is 2.13 bits per heavy atom. The fourth-order valence-electron chi connectivity index (χ4n) is 3.78. The van der Waals surface area contributed by atoms with Crippen LogP contribution in [-0.4, -0.2) is 38.4 Å². The van der Waals surface area contributed by atoms with E-state index in [0.29, 0.717) is 39.8 Å². The molecule has 4 rings (SSSR count). The van der Waals surface area contributed by atoms with E-state index < -0.39 is 0 Å². The molecule has 1 saturated heterocycles. The lowest BCUT2D eigenvalue weighted by molar-refractivity contribution is 0.0937. The normalized spacial score (nSPS) is 16.5. The number of fused-ring (bicyclic) bond motifs is 1. The number of ether oxygens (including phenoxy) is 1. The van der Waals surface area contributed by atoms with Crippen LogP contribution in [0.15, 0.2) is 34.2 Å². The third-order valence-electron chi connectivity index (χ3n) is 5.70. The van der Waals surface area contributed by atoms with Crippen molar-refractivity contribution in [3.05, 3.63) is 56.6 Å². The minimum absolute atomic E-state index is 0.0108. The van der Waals surface area contributed by atoms with Crippen LogP contribution < -0.4 is 5.56 Å². The third kappa shape index (κ3) is 4.06. The quantitative estimate of drug-likeness (QED) is 0.324. The summed E-state index contributed by atoms with van der Waals surface area (Å²) < 4.78 is 9.38. The zero-order chi connectivity index (χ0) is 21.4. The third-order valence-corrected chi connectivity index (χ3v) is 6.91. The summed E-state index contributed by atoms with van der Waals surface area (Å²) >= 11 is 7.40. The maximum Gasteiger partial charge on any atom is 0.262 e. The first-order chi connectivity index (χ1) is 14.3. The van der Waals surface area contributed by atoms with E-state index in [9.17, 15) is 9.59 Å². The summed E-state index contributed by atoms with van der Waals surface area (Å²) in [4.78, 5) is 30.7. The SMILES string of the molecule is Cc1cc(C(=O)CSc2nc3cc(Cl)ccc3c(=O)n2CC2CCCO2)c(C)n1C. The molecular weight excluding hydrogens is 422 g/mol. The van der Waals surface area contributed by atoms with Gasteiger partial charge in [0.2, 0.25) is 0 Å². The van der Waals surface area contributed by atoms with E-state index in [-0.39, 0.29) is 23.2 Å². The number of benzene rings is 1. The Bertz CT molecular complexity index is 1180. The van der Waals surface area contributed by atoms with E-state index in [1.165, 1.54) is 11.8 Å². The molecule has 30 heavy (non-hydrogen) atoms. The van der Waals surface area contributed by atoms with Crippen molar-refractivity contribution < 1.29 is 9.53 Å². The average molecular weight is 446 g/mol. The highest BCUT2D eigenvalue weighted by molar-refractivity contribution is 7.99. The van der Waals surface area contributed by atoms with Gasteiger partial charge in [-0.15, -0.1) is 0 Å². The second-order valence-electron chi connectivity index (χ2n) is 7.66. The number of aryl methyl sites for hydroxylation is 1. The van der Waals surface area contributed by atoms with Gasteiger partial charge in [0.1, 0.15) is 0 Å². The molecule has 3 heterocycles. The molecule has 1 unspecified atom stereocenters. The molecule has 0 bridgehead atoms. The fourth-order valence-corrected chi connectivity index (χ4v) is 4.84. The van der Waals surface area contributed by atoms with Crippen molar-refractivity contribution in [2.24, 2.45) is 7.05 Å². The number of aromatic nitrogens is 3. The second kappa shape index (κ2) is 8.57. The van der Waals surface area contributed by atoms with Crippen LogP contribution in [0.4, 0.5) is 0 Å². The van der Waals surface area contributed by atoms with Gasteiger partial charge in [-0.2, -0.15) is 0 Å². The summed E-state index contributed by atoms with van der Waals surface area (Å²) in [6.45, 7) is 5.06. The second-order valence-corrected chi connectivity index (χ2v) is 9.04. The monoisotopic (exact) mass is 445 g/mol. The summed E-state index contributed by atoms with van der Waals surface area (Å²) in [6.07, 6.45) is 1.89. The number of hydrogen-bond acceptors (Lipinski definition) is 5. The molecular formula is C22H24ClN3O3S. The Morgan fingerprint density at radius 1 is 1.33 bits per heavy atom. The number of halogens is 1. The van der Waals surface area contributed by atoms with Crippen LogP contribution in [0, 0.1) is 13.8 Å². The number of nitrogens with zero attached hydrogens (tertiary/aromatic N) is 3. The van der Waals surface area contributed by atoms with Crippen molar-refractivity contribution in [3.63, 3.8) is 0 Å². The van der Waals surface area contributed by atoms with Crippen LogP contribution in [0.1, 0.15) is 34.6 Å². The van der Waals surface area contributed by atoms with Crippen LogP contribution in [0.3, 0.4) is 0 Å². The molecule has 1 aliphatic heterocycles. The molecule has 0 spiro atoms. The summed E-state index contributed by atoms with van der Waals surface area (Å²) in [6, 6.07) is 6.99. The van der Waals surface area contributed by atoms with Crippen LogP contribution in [-0.2, 0) is 18.3 Å². The lowest BCUT2D eigenvalue weighted by Gasteiger charge is -2.16. The van der Waals surface area contributed by atoms with Gasteiger partial charge in [-0.05, 0) is 51.0 Å². The highest BCUT2D eigenvalue weighted by atomic mass is 35.5. The van der Waals surface area contributed by atoms with E-state index >= 15 is 0 Å². The van der Waals surface area contributed by atoms with Crippen molar-refractivity contribution in [1.82, 2.24) is 14.1 Å². The summed E-state index contributed by atoms with van der Waals surface area (Å²) in [5, 5.41) is 1.56. The first-order valence-electron chi connectivity index (χ1n) is 9.95. The Labute approximate surface area is 184 Å². The zero-order valence-electron chi connectivity index (χ0n) is 17.3. The van der Waals surface area contributed by atoms with E-state index in [4.69, 9.17) is 16.3 Å². The van der Waals surface area contributed by atoms with Gasteiger partial charge in [-0.25, -0.2) is 4.98 Å². The fraction of sp³-hybridized carbons (Fsp3) is 0.409. The molecule has 1 aliphatic rings.